The van der Waals surface area contributed by atoms with E-state index in [-0.39, 0.29) is 0 Å². The zero-order chi connectivity index (χ0) is 23.1. The van der Waals surface area contributed by atoms with Crippen LogP contribution in [0.3, 0.4) is 0 Å². The van der Waals surface area contributed by atoms with E-state index < -0.39 is 12.0 Å². The van der Waals surface area contributed by atoms with Gasteiger partial charge in [-0.1, -0.05) is 46.6 Å². The Balaban J connectivity index is 2.53. The number of aliphatic imine (C=N–C) groups is 1. The van der Waals surface area contributed by atoms with Crippen molar-refractivity contribution in [3.63, 3.8) is 0 Å². The van der Waals surface area contributed by atoms with Crippen molar-refractivity contribution in [2.75, 3.05) is 18.1 Å². The number of hydrogen-bond donors (Lipinski definition) is 2. The number of carboxylic acids is 1. The van der Waals surface area contributed by atoms with Crippen LogP contribution in [0, 0.1) is 0 Å². The molecule has 2 N–H and O–H groups in total. The summed E-state index contributed by atoms with van der Waals surface area (Å²) >= 11 is 1.67. The molecule has 1 atom stereocenters. The van der Waals surface area contributed by atoms with Gasteiger partial charge in [-0.15, -0.1) is 0 Å². The fourth-order valence-electron chi connectivity index (χ4n) is 3.21. The lowest BCUT2D eigenvalue weighted by Gasteiger charge is -2.15. The van der Waals surface area contributed by atoms with Gasteiger partial charge in [0, 0.05) is 24.5 Å². The number of thioether (sulfide) groups is 1. The summed E-state index contributed by atoms with van der Waals surface area (Å²) in [4.78, 5) is 15.9. The quantitative estimate of drug-likeness (QED) is 0.230. The minimum absolute atomic E-state index is 0.546. The summed E-state index contributed by atoms with van der Waals surface area (Å²) in [5.74, 6) is 1.43. The molecule has 0 aromatic heterocycles. The van der Waals surface area contributed by atoms with Crippen molar-refractivity contribution in [1.82, 2.24) is 5.32 Å². The summed E-state index contributed by atoms with van der Waals surface area (Å²) in [5.41, 5.74) is 5.61. The molecule has 0 radical (unpaired) electrons. The Morgan fingerprint density at radius 1 is 1.06 bits per heavy atom. The SMILES string of the molecule is CC(C)=CCC/C(C)=C/CC/C(=C/CSCC(NC1=NCCC1)C(=O)O)CC=C(C)C. The number of aliphatic carboxylic acids is 1. The highest BCUT2D eigenvalue weighted by Crippen LogP contribution is 2.17. The number of amidine groups is 1. The Bertz CT molecular complexity index is 709. The molecular formula is C26H42N2O2S. The molecule has 5 heteroatoms. The van der Waals surface area contributed by atoms with Crippen molar-refractivity contribution in [1.29, 1.82) is 0 Å². The molecule has 0 amide bonds. The van der Waals surface area contributed by atoms with Gasteiger partial charge >= 0.3 is 5.97 Å². The van der Waals surface area contributed by atoms with Crippen molar-refractivity contribution in [2.45, 2.75) is 85.6 Å². The number of carbonyl (C=O) groups is 1. The first kappa shape index (κ1) is 27.3. The predicted octanol–water partition coefficient (Wildman–Crippen LogP) is 6.71. The first-order valence-electron chi connectivity index (χ1n) is 11.5. The largest absolute Gasteiger partial charge is 0.480 e. The van der Waals surface area contributed by atoms with Crippen molar-refractivity contribution in [3.8, 4) is 0 Å². The molecule has 0 aliphatic carbocycles. The zero-order valence-electron chi connectivity index (χ0n) is 20.2. The van der Waals surface area contributed by atoms with E-state index in [1.54, 1.807) is 11.8 Å². The maximum Gasteiger partial charge on any atom is 0.327 e. The van der Waals surface area contributed by atoms with Crippen LogP contribution in [0.2, 0.25) is 0 Å². The normalized spacial score (nSPS) is 15.3. The van der Waals surface area contributed by atoms with Crippen LogP contribution in [0.1, 0.15) is 79.6 Å². The third-order valence-electron chi connectivity index (χ3n) is 5.11. The molecule has 31 heavy (non-hydrogen) atoms. The molecule has 0 spiro atoms. The summed E-state index contributed by atoms with van der Waals surface area (Å²) in [5, 5.41) is 12.6. The van der Waals surface area contributed by atoms with Crippen LogP contribution >= 0.6 is 11.8 Å². The van der Waals surface area contributed by atoms with Gasteiger partial charge in [-0.25, -0.2) is 4.79 Å². The van der Waals surface area contributed by atoms with Gasteiger partial charge in [-0.05, 0) is 73.1 Å². The molecule has 4 nitrogen and oxygen atoms in total. The second-order valence-electron chi connectivity index (χ2n) is 8.76. The molecule has 174 valence electrons. The van der Waals surface area contributed by atoms with E-state index in [2.05, 4.69) is 69.2 Å². The molecule has 1 rings (SSSR count). The van der Waals surface area contributed by atoms with E-state index in [1.165, 1.54) is 22.3 Å². The molecule has 0 aromatic rings. The van der Waals surface area contributed by atoms with Gasteiger partial charge in [0.05, 0.1) is 5.84 Å². The topological polar surface area (TPSA) is 61.7 Å². The van der Waals surface area contributed by atoms with E-state index in [0.29, 0.717) is 5.75 Å². The van der Waals surface area contributed by atoms with Crippen LogP contribution in [0.5, 0.6) is 0 Å². The van der Waals surface area contributed by atoms with E-state index >= 15 is 0 Å². The number of nitrogens with zero attached hydrogens (tertiary/aromatic N) is 1. The molecule has 1 unspecified atom stereocenters. The number of allylic oxidation sites excluding steroid dienone is 7. The Morgan fingerprint density at radius 3 is 2.39 bits per heavy atom. The van der Waals surface area contributed by atoms with E-state index in [9.17, 15) is 9.90 Å². The number of rotatable bonds is 14. The van der Waals surface area contributed by atoms with Gasteiger partial charge in [-0.3, -0.25) is 4.99 Å². The summed E-state index contributed by atoms with van der Waals surface area (Å²) in [7, 11) is 0. The monoisotopic (exact) mass is 446 g/mol. The summed E-state index contributed by atoms with van der Waals surface area (Å²) in [6.07, 6.45) is 16.5. The Kier molecular flexibility index (Phi) is 14.1. The second-order valence-corrected chi connectivity index (χ2v) is 9.84. The van der Waals surface area contributed by atoms with Gasteiger partial charge in [-0.2, -0.15) is 11.8 Å². The highest BCUT2D eigenvalue weighted by molar-refractivity contribution is 7.99. The fourth-order valence-corrected chi connectivity index (χ4v) is 4.16. The van der Waals surface area contributed by atoms with Crippen LogP contribution in [0.15, 0.2) is 51.6 Å². The lowest BCUT2D eigenvalue weighted by molar-refractivity contribution is -0.138. The standard InChI is InChI=1S/C26H42N2O2S/c1-20(2)9-6-10-22(5)11-7-12-23(15-14-21(3)4)16-18-31-19-24(26(29)30)28-25-13-8-17-27-25/h9,11,14,16,24H,6-8,10,12-13,15,17-19H2,1-5H3,(H,27,28)(H,29,30)/b22-11+,23-16-. The van der Waals surface area contributed by atoms with Crippen molar-refractivity contribution in [2.24, 2.45) is 4.99 Å². The molecular weight excluding hydrogens is 404 g/mol. The zero-order valence-corrected chi connectivity index (χ0v) is 21.0. The van der Waals surface area contributed by atoms with Crippen molar-refractivity contribution < 1.29 is 9.90 Å². The summed E-state index contributed by atoms with van der Waals surface area (Å²) in [6.45, 7) is 11.6. The van der Waals surface area contributed by atoms with E-state index in [0.717, 1.165) is 63.1 Å². The fraction of sp³-hybridized carbons (Fsp3) is 0.615. The first-order valence-corrected chi connectivity index (χ1v) is 12.6. The van der Waals surface area contributed by atoms with Gasteiger partial charge in [0.15, 0.2) is 0 Å². The van der Waals surface area contributed by atoms with Gasteiger partial charge in [0.2, 0.25) is 0 Å². The Hall–Kier alpha value is -1.75. The second kappa shape index (κ2) is 16.0. The third kappa shape index (κ3) is 14.0. The van der Waals surface area contributed by atoms with Crippen LogP contribution in [0.4, 0.5) is 0 Å². The Morgan fingerprint density at radius 2 is 1.77 bits per heavy atom. The molecule has 0 bridgehead atoms. The molecule has 1 aliphatic heterocycles. The smallest absolute Gasteiger partial charge is 0.327 e. The minimum Gasteiger partial charge on any atom is -0.480 e. The molecule has 1 heterocycles. The van der Waals surface area contributed by atoms with E-state index in [1.807, 2.05) is 0 Å². The Labute approximate surface area is 194 Å². The van der Waals surface area contributed by atoms with Crippen molar-refractivity contribution in [3.05, 3.63) is 46.6 Å². The first-order chi connectivity index (χ1) is 14.8. The van der Waals surface area contributed by atoms with Crippen LogP contribution in [-0.2, 0) is 4.79 Å². The predicted molar refractivity (Wildman–Crippen MR) is 137 cm³/mol. The minimum atomic E-state index is -0.801. The maximum atomic E-state index is 11.5. The molecule has 0 saturated carbocycles. The molecule has 0 fully saturated rings. The maximum absolute atomic E-state index is 11.5. The third-order valence-corrected chi connectivity index (χ3v) is 6.08. The van der Waals surface area contributed by atoms with Crippen LogP contribution < -0.4 is 5.32 Å². The lowest BCUT2D eigenvalue weighted by Crippen LogP contribution is -2.42. The van der Waals surface area contributed by atoms with E-state index in [4.69, 9.17) is 0 Å². The molecule has 0 saturated heterocycles. The number of nitrogens with one attached hydrogen (secondary N) is 1. The molecule has 0 aromatic carbocycles. The van der Waals surface area contributed by atoms with Crippen LogP contribution in [0.25, 0.3) is 0 Å². The van der Waals surface area contributed by atoms with Crippen LogP contribution in [-0.4, -0.2) is 41.0 Å². The average Bonchev–Trinajstić information content (AvgIpc) is 3.20. The molecule has 1 aliphatic rings. The average molecular weight is 447 g/mol. The highest BCUT2D eigenvalue weighted by atomic mass is 32.2. The van der Waals surface area contributed by atoms with Crippen molar-refractivity contribution >= 4 is 23.6 Å². The lowest BCUT2D eigenvalue weighted by atomic mass is 10.0. The van der Waals surface area contributed by atoms with Gasteiger partial charge < -0.3 is 10.4 Å². The van der Waals surface area contributed by atoms with Gasteiger partial charge in [0.25, 0.3) is 0 Å². The summed E-state index contributed by atoms with van der Waals surface area (Å²) in [6, 6.07) is -0.567. The van der Waals surface area contributed by atoms with Gasteiger partial charge in [0.1, 0.15) is 6.04 Å². The number of carboxylic acid groups (broad SMARTS) is 1. The number of hydrogen-bond acceptors (Lipinski definition) is 4. The summed E-state index contributed by atoms with van der Waals surface area (Å²) < 4.78 is 0. The highest BCUT2D eigenvalue weighted by Gasteiger charge is 2.19.